The molecule has 1 saturated heterocycles. The van der Waals surface area contributed by atoms with Gasteiger partial charge in [-0.3, -0.25) is 9.59 Å². The molecule has 1 fully saturated rings. The molecule has 0 aliphatic carbocycles. The molecule has 1 aromatic carbocycles. The molecular weight excluding hydrogens is 300 g/mol. The van der Waals surface area contributed by atoms with Crippen molar-refractivity contribution in [3.63, 3.8) is 0 Å². The summed E-state index contributed by atoms with van der Waals surface area (Å²) in [4.78, 5) is 24.5. The van der Waals surface area contributed by atoms with Gasteiger partial charge in [0.25, 0.3) is 0 Å². The standard InChI is InChI=1S/C14H15F2NO3S/c1-9(18)21-8-10-6-13(19)17(7-10)11-2-4-12(5-3-11)20-14(15)16/h2-5,10,14H,6-8H2,1H3. The van der Waals surface area contributed by atoms with E-state index in [9.17, 15) is 18.4 Å². The number of carbonyl (C=O) groups is 2. The van der Waals surface area contributed by atoms with E-state index in [1.807, 2.05) is 0 Å². The molecular formula is C14H15F2NO3S. The maximum Gasteiger partial charge on any atom is 0.387 e. The van der Waals surface area contributed by atoms with Gasteiger partial charge in [-0.25, -0.2) is 0 Å². The molecule has 1 aliphatic rings. The average Bonchev–Trinajstić information content (AvgIpc) is 2.78. The van der Waals surface area contributed by atoms with Crippen molar-refractivity contribution < 1.29 is 23.1 Å². The molecule has 1 unspecified atom stereocenters. The van der Waals surface area contributed by atoms with Crippen molar-refractivity contribution in [3.05, 3.63) is 24.3 Å². The van der Waals surface area contributed by atoms with Gasteiger partial charge in [0.1, 0.15) is 5.75 Å². The zero-order valence-electron chi connectivity index (χ0n) is 11.4. The van der Waals surface area contributed by atoms with Gasteiger partial charge in [-0.05, 0) is 30.2 Å². The second-order valence-electron chi connectivity index (χ2n) is 4.75. The van der Waals surface area contributed by atoms with E-state index < -0.39 is 6.61 Å². The number of carbonyl (C=O) groups excluding carboxylic acids is 2. The van der Waals surface area contributed by atoms with Gasteiger partial charge in [-0.1, -0.05) is 11.8 Å². The fourth-order valence-corrected chi connectivity index (χ4v) is 2.88. The van der Waals surface area contributed by atoms with Crippen LogP contribution >= 0.6 is 11.8 Å². The van der Waals surface area contributed by atoms with Crippen LogP contribution in [0.15, 0.2) is 24.3 Å². The smallest absolute Gasteiger partial charge is 0.387 e. The van der Waals surface area contributed by atoms with Crippen LogP contribution in [0.1, 0.15) is 13.3 Å². The van der Waals surface area contributed by atoms with Gasteiger partial charge in [0.05, 0.1) is 0 Å². The molecule has 21 heavy (non-hydrogen) atoms. The van der Waals surface area contributed by atoms with Crippen LogP contribution in [-0.4, -0.2) is 29.9 Å². The van der Waals surface area contributed by atoms with Crippen molar-refractivity contribution in [2.24, 2.45) is 5.92 Å². The summed E-state index contributed by atoms with van der Waals surface area (Å²) in [7, 11) is 0. The van der Waals surface area contributed by atoms with Gasteiger partial charge >= 0.3 is 6.61 Å². The number of hydrogen-bond acceptors (Lipinski definition) is 4. The molecule has 0 saturated carbocycles. The minimum atomic E-state index is -2.86. The van der Waals surface area contributed by atoms with Crippen molar-refractivity contribution in [1.29, 1.82) is 0 Å². The Bertz CT molecular complexity index is 521. The fourth-order valence-electron chi connectivity index (χ4n) is 2.19. The Morgan fingerprint density at radius 1 is 1.43 bits per heavy atom. The third kappa shape index (κ3) is 4.42. The summed E-state index contributed by atoms with van der Waals surface area (Å²) < 4.78 is 28.4. The van der Waals surface area contributed by atoms with Gasteiger partial charge < -0.3 is 9.64 Å². The second-order valence-corrected chi connectivity index (χ2v) is 5.95. The summed E-state index contributed by atoms with van der Waals surface area (Å²) in [5.41, 5.74) is 0.650. The van der Waals surface area contributed by atoms with Crippen LogP contribution < -0.4 is 9.64 Å². The highest BCUT2D eigenvalue weighted by Crippen LogP contribution is 2.29. The van der Waals surface area contributed by atoms with E-state index in [0.717, 1.165) is 0 Å². The number of rotatable bonds is 5. The van der Waals surface area contributed by atoms with Crippen LogP contribution in [0, 0.1) is 5.92 Å². The summed E-state index contributed by atoms with van der Waals surface area (Å²) in [5, 5.41) is 0.0365. The van der Waals surface area contributed by atoms with Crippen molar-refractivity contribution in [2.75, 3.05) is 17.2 Å². The van der Waals surface area contributed by atoms with Crippen LogP contribution in [-0.2, 0) is 9.59 Å². The first-order valence-electron chi connectivity index (χ1n) is 6.44. The summed E-state index contributed by atoms with van der Waals surface area (Å²) >= 11 is 1.22. The van der Waals surface area contributed by atoms with Crippen molar-refractivity contribution in [2.45, 2.75) is 20.0 Å². The molecule has 0 radical (unpaired) electrons. The summed E-state index contributed by atoms with van der Waals surface area (Å²) in [6.07, 6.45) is 0.398. The maximum absolute atomic E-state index is 12.1. The predicted octanol–water partition coefficient (Wildman–Crippen LogP) is 2.92. The zero-order valence-corrected chi connectivity index (χ0v) is 12.2. The van der Waals surface area contributed by atoms with Crippen LogP contribution in [0.4, 0.5) is 14.5 Å². The molecule has 4 nitrogen and oxygen atoms in total. The first-order valence-corrected chi connectivity index (χ1v) is 7.43. The van der Waals surface area contributed by atoms with E-state index >= 15 is 0 Å². The molecule has 7 heteroatoms. The summed E-state index contributed by atoms with van der Waals surface area (Å²) in [6, 6.07) is 5.98. The van der Waals surface area contributed by atoms with Crippen LogP contribution in [0.3, 0.4) is 0 Å². The Balaban J connectivity index is 1.98. The number of amides is 1. The van der Waals surface area contributed by atoms with E-state index in [4.69, 9.17) is 0 Å². The highest BCUT2D eigenvalue weighted by atomic mass is 32.2. The van der Waals surface area contributed by atoms with Gasteiger partial charge in [0.2, 0.25) is 5.91 Å². The SMILES string of the molecule is CC(=O)SCC1CC(=O)N(c2ccc(OC(F)F)cc2)C1. The summed E-state index contributed by atoms with van der Waals surface area (Å²) in [5.74, 6) is 0.781. The van der Waals surface area contributed by atoms with Gasteiger partial charge in [0, 0.05) is 31.3 Å². The largest absolute Gasteiger partial charge is 0.435 e. The highest BCUT2D eigenvalue weighted by Gasteiger charge is 2.30. The first kappa shape index (κ1) is 15.8. The van der Waals surface area contributed by atoms with Gasteiger partial charge in [0.15, 0.2) is 5.12 Å². The Hall–Kier alpha value is -1.63. The number of nitrogens with zero attached hydrogens (tertiary/aromatic N) is 1. The van der Waals surface area contributed by atoms with Gasteiger partial charge in [-0.15, -0.1) is 0 Å². The molecule has 0 N–H and O–H groups in total. The van der Waals surface area contributed by atoms with Crippen molar-refractivity contribution in [3.8, 4) is 5.75 Å². The topological polar surface area (TPSA) is 46.6 Å². The first-order chi connectivity index (χ1) is 9.95. The Labute approximate surface area is 125 Å². The molecule has 1 aromatic rings. The fraction of sp³-hybridized carbons (Fsp3) is 0.429. The van der Waals surface area contributed by atoms with E-state index in [1.54, 1.807) is 17.0 Å². The molecule has 0 bridgehead atoms. The monoisotopic (exact) mass is 315 g/mol. The molecule has 2 rings (SSSR count). The van der Waals surface area contributed by atoms with E-state index in [0.29, 0.717) is 24.4 Å². The quantitative estimate of drug-likeness (QED) is 0.838. The minimum Gasteiger partial charge on any atom is -0.435 e. The van der Waals surface area contributed by atoms with E-state index in [2.05, 4.69) is 4.74 Å². The normalized spacial score (nSPS) is 18.4. The molecule has 0 aromatic heterocycles. The van der Waals surface area contributed by atoms with Crippen molar-refractivity contribution >= 4 is 28.5 Å². The second kappa shape index (κ2) is 6.89. The van der Waals surface area contributed by atoms with E-state index in [-0.39, 0.29) is 22.7 Å². The maximum atomic E-state index is 12.1. The lowest BCUT2D eigenvalue weighted by Gasteiger charge is -2.17. The lowest BCUT2D eigenvalue weighted by molar-refractivity contribution is -0.117. The summed E-state index contributed by atoms with van der Waals surface area (Å²) in [6.45, 7) is -0.827. The molecule has 0 spiro atoms. The van der Waals surface area contributed by atoms with Crippen LogP contribution in [0.5, 0.6) is 5.75 Å². The zero-order chi connectivity index (χ0) is 15.4. The number of ether oxygens (including phenoxy) is 1. The molecule has 114 valence electrons. The average molecular weight is 315 g/mol. The third-order valence-corrected chi connectivity index (χ3v) is 4.15. The Kier molecular flexibility index (Phi) is 5.17. The number of anilines is 1. The number of alkyl halides is 2. The highest BCUT2D eigenvalue weighted by molar-refractivity contribution is 8.13. The molecule has 1 atom stereocenters. The molecule has 1 heterocycles. The number of benzene rings is 1. The Morgan fingerprint density at radius 2 is 2.10 bits per heavy atom. The Morgan fingerprint density at radius 3 is 2.67 bits per heavy atom. The lowest BCUT2D eigenvalue weighted by Crippen LogP contribution is -2.24. The number of halogens is 2. The van der Waals surface area contributed by atoms with Gasteiger partial charge in [-0.2, -0.15) is 8.78 Å². The number of thioether (sulfide) groups is 1. The van der Waals surface area contributed by atoms with E-state index in [1.165, 1.54) is 30.8 Å². The van der Waals surface area contributed by atoms with Crippen LogP contribution in [0.25, 0.3) is 0 Å². The number of hydrogen-bond donors (Lipinski definition) is 0. The molecule has 1 amide bonds. The minimum absolute atomic E-state index is 0.0216. The predicted molar refractivity (Wildman–Crippen MR) is 76.7 cm³/mol. The third-order valence-electron chi connectivity index (χ3n) is 3.10. The lowest BCUT2D eigenvalue weighted by atomic mass is 10.1. The molecule has 1 aliphatic heterocycles. The van der Waals surface area contributed by atoms with Crippen LogP contribution in [0.2, 0.25) is 0 Å². The van der Waals surface area contributed by atoms with Crippen molar-refractivity contribution in [1.82, 2.24) is 0 Å².